The Kier molecular flexibility index (Phi) is 8.51. The second-order valence-electron chi connectivity index (χ2n) is 7.15. The van der Waals surface area contributed by atoms with Crippen molar-refractivity contribution in [3.63, 3.8) is 0 Å². The number of hydrogen-bond acceptors (Lipinski definition) is 5. The topological polar surface area (TPSA) is 67.6 Å². The summed E-state index contributed by atoms with van der Waals surface area (Å²) < 4.78 is 11.1. The Morgan fingerprint density at radius 2 is 1.86 bits per heavy atom. The normalized spacial score (nSPS) is 13.4. The maximum absolute atomic E-state index is 12.2. The first kappa shape index (κ1) is 22.0. The van der Waals surface area contributed by atoms with Crippen LogP contribution >= 0.6 is 0 Å². The Bertz CT molecular complexity index is 727. The van der Waals surface area contributed by atoms with Gasteiger partial charge >= 0.3 is 0 Å². The summed E-state index contributed by atoms with van der Waals surface area (Å²) in [6.45, 7) is 12.3. The van der Waals surface area contributed by atoms with E-state index in [1.165, 1.54) is 11.8 Å². The fraction of sp³-hybridized carbons (Fsp3) is 0.545. The van der Waals surface area contributed by atoms with Crippen molar-refractivity contribution in [2.45, 2.75) is 72.6 Å². The molecule has 1 heterocycles. The third-order valence-electron chi connectivity index (χ3n) is 4.95. The first-order valence-electron chi connectivity index (χ1n) is 10.2. The second-order valence-corrected chi connectivity index (χ2v) is 7.15. The van der Waals surface area contributed by atoms with Crippen molar-refractivity contribution < 1.29 is 13.9 Å². The Hall–Kier alpha value is -2.34. The van der Waals surface area contributed by atoms with Crippen molar-refractivity contribution in [2.24, 2.45) is 0 Å². The lowest BCUT2D eigenvalue weighted by Gasteiger charge is -2.27. The molecule has 0 aliphatic carbocycles. The molecule has 0 fully saturated rings. The number of rotatable bonds is 11. The van der Waals surface area contributed by atoms with Gasteiger partial charge in [-0.15, -0.1) is 0 Å². The van der Waals surface area contributed by atoms with Crippen LogP contribution in [0, 0.1) is 0 Å². The predicted octanol–water partition coefficient (Wildman–Crippen LogP) is 4.40. The number of carbonyl (C=O) groups excluding carboxylic acids is 1. The summed E-state index contributed by atoms with van der Waals surface area (Å²) in [5.74, 6) is 1.25. The van der Waals surface area contributed by atoms with E-state index in [2.05, 4.69) is 41.2 Å². The fourth-order valence-corrected chi connectivity index (χ4v) is 2.78. The van der Waals surface area contributed by atoms with Crippen molar-refractivity contribution in [2.75, 3.05) is 6.61 Å². The quantitative estimate of drug-likeness (QED) is 0.619. The van der Waals surface area contributed by atoms with Crippen LogP contribution < -0.4 is 10.1 Å². The van der Waals surface area contributed by atoms with E-state index in [0.29, 0.717) is 30.8 Å². The van der Waals surface area contributed by atoms with Crippen LogP contribution in [0.15, 0.2) is 34.9 Å². The summed E-state index contributed by atoms with van der Waals surface area (Å²) in [6, 6.07) is 8.63. The third kappa shape index (κ3) is 6.37. The lowest BCUT2D eigenvalue weighted by Crippen LogP contribution is -2.33. The largest absolute Gasteiger partial charge is 0.494 e. The van der Waals surface area contributed by atoms with Crippen LogP contribution in [0.3, 0.4) is 0 Å². The first-order valence-corrected chi connectivity index (χ1v) is 10.2. The minimum Gasteiger partial charge on any atom is -0.494 e. The molecule has 0 spiro atoms. The van der Waals surface area contributed by atoms with Crippen molar-refractivity contribution in [1.29, 1.82) is 0 Å². The molecule has 0 radical (unpaired) electrons. The molecule has 0 saturated heterocycles. The zero-order valence-corrected chi connectivity index (χ0v) is 17.7. The number of ether oxygens (including phenoxy) is 1. The molecule has 1 amide bonds. The molecule has 1 N–H and O–H groups in total. The van der Waals surface area contributed by atoms with Crippen LogP contribution in [0.5, 0.6) is 5.75 Å². The van der Waals surface area contributed by atoms with Gasteiger partial charge in [0.25, 0.3) is 5.91 Å². The van der Waals surface area contributed by atoms with E-state index in [-0.39, 0.29) is 11.9 Å². The van der Waals surface area contributed by atoms with Gasteiger partial charge in [0.15, 0.2) is 5.69 Å². The highest BCUT2D eigenvalue weighted by Crippen LogP contribution is 2.18. The zero-order chi connectivity index (χ0) is 20.5. The molecule has 1 aromatic carbocycles. The Labute approximate surface area is 168 Å². The molecular weight excluding hydrogens is 354 g/mol. The maximum Gasteiger partial charge on any atom is 0.273 e. The lowest BCUT2D eigenvalue weighted by atomic mass is 10.1. The highest BCUT2D eigenvalue weighted by atomic mass is 16.5. The highest BCUT2D eigenvalue weighted by molar-refractivity contribution is 5.92. The van der Waals surface area contributed by atoms with Crippen molar-refractivity contribution in [3.05, 3.63) is 47.7 Å². The van der Waals surface area contributed by atoms with E-state index in [9.17, 15) is 4.79 Å². The number of oxazole rings is 1. The van der Waals surface area contributed by atoms with Crippen LogP contribution in [0.2, 0.25) is 0 Å². The molecule has 1 aromatic heterocycles. The molecule has 0 bridgehead atoms. The van der Waals surface area contributed by atoms with Crippen molar-refractivity contribution in [1.82, 2.24) is 15.2 Å². The van der Waals surface area contributed by atoms with E-state index < -0.39 is 0 Å². The number of carbonyl (C=O) groups is 1. The van der Waals surface area contributed by atoms with Crippen LogP contribution in [-0.2, 0) is 13.1 Å². The van der Waals surface area contributed by atoms with E-state index in [1.54, 1.807) is 0 Å². The van der Waals surface area contributed by atoms with Gasteiger partial charge in [-0.1, -0.05) is 26.0 Å². The average molecular weight is 388 g/mol. The van der Waals surface area contributed by atoms with Gasteiger partial charge in [-0.05, 0) is 51.3 Å². The van der Waals surface area contributed by atoms with Gasteiger partial charge in [-0.3, -0.25) is 9.69 Å². The lowest BCUT2D eigenvalue weighted by molar-refractivity contribution is 0.0934. The van der Waals surface area contributed by atoms with Crippen LogP contribution in [0.4, 0.5) is 0 Å². The van der Waals surface area contributed by atoms with E-state index >= 15 is 0 Å². The molecule has 6 nitrogen and oxygen atoms in total. The summed E-state index contributed by atoms with van der Waals surface area (Å²) in [7, 11) is 0. The van der Waals surface area contributed by atoms with Gasteiger partial charge in [0, 0.05) is 18.6 Å². The molecular formula is C22H33N3O3. The van der Waals surface area contributed by atoms with Gasteiger partial charge in [-0.25, -0.2) is 4.98 Å². The van der Waals surface area contributed by atoms with Crippen molar-refractivity contribution >= 4 is 5.91 Å². The molecule has 2 aromatic rings. The second kappa shape index (κ2) is 10.9. The molecule has 0 aliphatic heterocycles. The van der Waals surface area contributed by atoms with Crippen molar-refractivity contribution in [3.8, 4) is 5.75 Å². The SMILES string of the molecule is CCOc1ccc(CN(Cc2nc(C(=O)N[C@H](C)CC)co2)[C@@H](C)CC)cc1. The number of nitrogens with one attached hydrogen (secondary N) is 1. The summed E-state index contributed by atoms with van der Waals surface area (Å²) in [5, 5.41) is 2.91. The monoisotopic (exact) mass is 387 g/mol. The summed E-state index contributed by atoms with van der Waals surface area (Å²) >= 11 is 0. The number of hydrogen-bond donors (Lipinski definition) is 1. The van der Waals surface area contributed by atoms with Crippen LogP contribution in [0.1, 0.15) is 69.4 Å². The van der Waals surface area contributed by atoms with Crippen LogP contribution in [-0.4, -0.2) is 34.5 Å². The van der Waals surface area contributed by atoms with Gasteiger partial charge in [-0.2, -0.15) is 0 Å². The molecule has 6 heteroatoms. The molecule has 2 atom stereocenters. The van der Waals surface area contributed by atoms with Gasteiger partial charge in [0.05, 0.1) is 13.2 Å². The van der Waals surface area contributed by atoms with Gasteiger partial charge in [0.1, 0.15) is 12.0 Å². The van der Waals surface area contributed by atoms with Crippen LogP contribution in [0.25, 0.3) is 0 Å². The molecule has 0 saturated carbocycles. The Morgan fingerprint density at radius 1 is 1.14 bits per heavy atom. The fourth-order valence-electron chi connectivity index (χ4n) is 2.78. The zero-order valence-electron chi connectivity index (χ0n) is 17.7. The summed E-state index contributed by atoms with van der Waals surface area (Å²) in [6.07, 6.45) is 3.33. The van der Waals surface area contributed by atoms with Gasteiger partial charge in [0.2, 0.25) is 5.89 Å². The van der Waals surface area contributed by atoms with E-state index in [4.69, 9.17) is 9.15 Å². The molecule has 0 aliphatic rings. The Balaban J connectivity index is 2.05. The average Bonchev–Trinajstić information content (AvgIpc) is 3.17. The molecule has 154 valence electrons. The minimum atomic E-state index is -0.189. The minimum absolute atomic E-state index is 0.115. The summed E-state index contributed by atoms with van der Waals surface area (Å²) in [5.41, 5.74) is 1.53. The van der Waals surface area contributed by atoms with Gasteiger partial charge < -0.3 is 14.5 Å². The maximum atomic E-state index is 12.2. The standard InChI is InChI=1S/C22H33N3O3/c1-6-16(4)23-22(26)20-15-28-21(24-20)14-25(17(5)7-2)13-18-9-11-19(12-10-18)27-8-3/h9-12,15-17H,6-8,13-14H2,1-5H3,(H,23,26)/t16-,17+/m1/s1. The van der Waals surface area contributed by atoms with E-state index in [1.807, 2.05) is 32.9 Å². The van der Waals surface area contributed by atoms with E-state index in [0.717, 1.165) is 25.1 Å². The molecule has 0 unspecified atom stereocenters. The Morgan fingerprint density at radius 3 is 2.46 bits per heavy atom. The predicted molar refractivity (Wildman–Crippen MR) is 110 cm³/mol. The third-order valence-corrected chi connectivity index (χ3v) is 4.95. The highest BCUT2D eigenvalue weighted by Gasteiger charge is 2.19. The smallest absolute Gasteiger partial charge is 0.273 e. The summed E-state index contributed by atoms with van der Waals surface area (Å²) in [4.78, 5) is 18.9. The first-order chi connectivity index (χ1) is 13.5. The number of amides is 1. The molecule has 2 rings (SSSR count). The number of nitrogens with zero attached hydrogens (tertiary/aromatic N) is 2. The number of aromatic nitrogens is 1. The number of benzene rings is 1. The molecule has 28 heavy (non-hydrogen) atoms.